The first-order valence-corrected chi connectivity index (χ1v) is 11.7. The molecule has 7 nitrogen and oxygen atoms in total. The Kier molecular flexibility index (Phi) is 8.21. The molecule has 178 valence electrons. The van der Waals surface area contributed by atoms with Crippen LogP contribution in [0.1, 0.15) is 36.0 Å². The Morgan fingerprint density at radius 3 is 2.74 bits per heavy atom. The summed E-state index contributed by atoms with van der Waals surface area (Å²) in [5.74, 6) is 5.59. The van der Waals surface area contributed by atoms with E-state index in [1.807, 2.05) is 25.1 Å². The van der Waals surface area contributed by atoms with Crippen molar-refractivity contribution >= 4 is 16.8 Å². The molecule has 4 N–H and O–H groups in total. The van der Waals surface area contributed by atoms with E-state index in [0.717, 1.165) is 56.0 Å². The summed E-state index contributed by atoms with van der Waals surface area (Å²) in [5.41, 5.74) is 6.22. The summed E-state index contributed by atoms with van der Waals surface area (Å²) in [4.78, 5) is 15.0. The number of benzene rings is 2. The van der Waals surface area contributed by atoms with Crippen LogP contribution in [0.25, 0.3) is 10.9 Å². The molecule has 7 heteroatoms. The number of aromatic nitrogens is 1. The quantitative estimate of drug-likeness (QED) is 0.135. The normalized spacial score (nSPS) is 16.5. The number of nitrogens with one attached hydrogen (secondary N) is 3. The van der Waals surface area contributed by atoms with Crippen LogP contribution in [0.15, 0.2) is 48.7 Å². The van der Waals surface area contributed by atoms with Crippen LogP contribution < -0.4 is 15.5 Å². The van der Waals surface area contributed by atoms with E-state index in [4.69, 9.17) is 14.7 Å². The van der Waals surface area contributed by atoms with Gasteiger partial charge in [-0.25, -0.2) is 5.48 Å². The maximum absolute atomic E-state index is 11.6. The zero-order chi connectivity index (χ0) is 23.8. The number of H-pyrrole nitrogens is 1. The number of carbonyl (C=O) groups is 1. The summed E-state index contributed by atoms with van der Waals surface area (Å²) < 4.78 is 11.2. The first kappa shape index (κ1) is 23.8. The summed E-state index contributed by atoms with van der Waals surface area (Å²) in [6.45, 7) is 5.71. The predicted molar refractivity (Wildman–Crippen MR) is 131 cm³/mol. The van der Waals surface area contributed by atoms with E-state index in [1.54, 1.807) is 5.48 Å². The fraction of sp³-hybridized carbons (Fsp3) is 0.370. The highest BCUT2D eigenvalue weighted by atomic mass is 16.5. The highest BCUT2D eigenvalue weighted by Crippen LogP contribution is 2.30. The zero-order valence-electron chi connectivity index (χ0n) is 19.4. The number of carbonyl (C=O) groups excluding carboxylic acids is 1. The summed E-state index contributed by atoms with van der Waals surface area (Å²) in [6.07, 6.45) is 3.85. The van der Waals surface area contributed by atoms with Crippen molar-refractivity contribution in [3.05, 3.63) is 65.4 Å². The first-order chi connectivity index (χ1) is 16.7. The molecule has 3 aromatic rings. The van der Waals surface area contributed by atoms with Crippen LogP contribution in [0, 0.1) is 17.8 Å². The Labute approximate surface area is 199 Å². The van der Waals surface area contributed by atoms with Crippen molar-refractivity contribution in [3.8, 4) is 17.6 Å². The maximum Gasteiger partial charge on any atom is 0.260 e. The molecule has 1 aliphatic carbocycles. The Balaban J connectivity index is 1.24. The molecule has 1 aromatic heterocycles. The van der Waals surface area contributed by atoms with Crippen LogP contribution in [-0.2, 0) is 22.5 Å². The minimum atomic E-state index is -0.480. The topological polar surface area (TPSA) is 95.6 Å². The van der Waals surface area contributed by atoms with Crippen LogP contribution in [0.2, 0.25) is 0 Å². The third kappa shape index (κ3) is 5.78. The number of ether oxygens (including phenoxy) is 2. The van der Waals surface area contributed by atoms with Gasteiger partial charge in [-0.05, 0) is 54.8 Å². The number of hydroxylamine groups is 1. The van der Waals surface area contributed by atoms with Crippen LogP contribution in [0.5, 0.6) is 5.75 Å². The molecule has 4 rings (SSSR count). The molecule has 1 heterocycles. The van der Waals surface area contributed by atoms with Crippen molar-refractivity contribution in [3.63, 3.8) is 0 Å². The highest BCUT2D eigenvalue weighted by Gasteiger charge is 2.31. The van der Waals surface area contributed by atoms with Gasteiger partial charge >= 0.3 is 0 Å². The van der Waals surface area contributed by atoms with E-state index >= 15 is 0 Å². The molecular weight excluding hydrogens is 430 g/mol. The fourth-order valence-corrected chi connectivity index (χ4v) is 4.06. The average Bonchev–Trinajstić information content (AvgIpc) is 3.24. The molecule has 0 radical (unpaired) electrons. The third-order valence-corrected chi connectivity index (χ3v) is 6.00. The molecule has 2 atom stereocenters. The number of aromatic amines is 1. The van der Waals surface area contributed by atoms with E-state index in [0.29, 0.717) is 6.61 Å². The van der Waals surface area contributed by atoms with Crippen LogP contribution in [0.4, 0.5) is 0 Å². The summed E-state index contributed by atoms with van der Waals surface area (Å²) >= 11 is 0. The smallest absolute Gasteiger partial charge is 0.260 e. The summed E-state index contributed by atoms with van der Waals surface area (Å²) in [7, 11) is 0. The van der Waals surface area contributed by atoms with E-state index < -0.39 is 11.8 Å². The lowest BCUT2D eigenvalue weighted by atomic mass is 9.79. The lowest BCUT2D eigenvalue weighted by Gasteiger charge is -2.23. The Morgan fingerprint density at radius 1 is 1.15 bits per heavy atom. The van der Waals surface area contributed by atoms with E-state index in [2.05, 4.69) is 52.6 Å². The van der Waals surface area contributed by atoms with Gasteiger partial charge in [0.15, 0.2) is 0 Å². The first-order valence-electron chi connectivity index (χ1n) is 11.7. The number of amides is 1. The molecule has 2 unspecified atom stereocenters. The molecule has 34 heavy (non-hydrogen) atoms. The second kappa shape index (κ2) is 11.7. The molecule has 0 saturated heterocycles. The van der Waals surface area contributed by atoms with E-state index in [-0.39, 0.29) is 5.92 Å². The van der Waals surface area contributed by atoms with E-state index in [9.17, 15) is 4.79 Å². The molecule has 1 amide bonds. The summed E-state index contributed by atoms with van der Waals surface area (Å²) in [6, 6.07) is 14.3. The number of fused-ring (bicyclic) bond motifs is 1. The molecule has 2 aromatic carbocycles. The SMILES string of the molecule is CCOCCCOc1ccc2[nH]cc(CCNCc3ccc(C4C#CC4C(=O)NO)cc3)c2c1. The third-order valence-electron chi connectivity index (χ3n) is 6.00. The lowest BCUT2D eigenvalue weighted by Crippen LogP contribution is -2.34. The van der Waals surface area contributed by atoms with Crippen molar-refractivity contribution in [2.45, 2.75) is 32.2 Å². The van der Waals surface area contributed by atoms with Crippen molar-refractivity contribution in [1.82, 2.24) is 15.8 Å². The van der Waals surface area contributed by atoms with Crippen molar-refractivity contribution < 1.29 is 19.5 Å². The second-order valence-corrected chi connectivity index (χ2v) is 8.31. The Bertz CT molecular complexity index is 1160. The standard InChI is InChI=1S/C27H31N3O4/c1-2-33-14-3-15-34-22-8-11-26-25(16-22)21(18-29-26)12-13-28-17-19-4-6-20(7-5-19)23-9-10-24(23)27(31)30-32/h4-8,11,16,18,23-24,28-29,32H,2-3,12-15,17H2,1H3,(H,30,31). The van der Waals surface area contributed by atoms with Crippen LogP contribution >= 0.6 is 0 Å². The molecule has 0 saturated carbocycles. The maximum atomic E-state index is 11.6. The highest BCUT2D eigenvalue weighted by molar-refractivity contribution is 5.85. The summed E-state index contributed by atoms with van der Waals surface area (Å²) in [5, 5.41) is 13.5. The molecule has 0 fully saturated rings. The van der Waals surface area contributed by atoms with E-state index in [1.165, 1.54) is 16.5 Å². The van der Waals surface area contributed by atoms with Gasteiger partial charge in [-0.3, -0.25) is 10.0 Å². The zero-order valence-corrected chi connectivity index (χ0v) is 19.4. The van der Waals surface area contributed by atoms with Gasteiger partial charge < -0.3 is 19.8 Å². The van der Waals surface area contributed by atoms with Crippen LogP contribution in [0.3, 0.4) is 0 Å². The van der Waals surface area contributed by atoms with Gasteiger partial charge in [-0.15, -0.1) is 0 Å². The second-order valence-electron chi connectivity index (χ2n) is 8.31. The molecular formula is C27H31N3O4. The largest absolute Gasteiger partial charge is 0.493 e. The number of hydrogen-bond acceptors (Lipinski definition) is 5. The number of rotatable bonds is 13. The molecule has 1 aliphatic rings. The molecule has 0 bridgehead atoms. The van der Waals surface area contributed by atoms with Gasteiger partial charge in [0.2, 0.25) is 0 Å². The molecule has 0 aliphatic heterocycles. The van der Waals surface area contributed by atoms with Gasteiger partial charge in [-0.1, -0.05) is 36.1 Å². The monoisotopic (exact) mass is 461 g/mol. The average molecular weight is 462 g/mol. The van der Waals surface area contributed by atoms with Crippen molar-refractivity contribution in [2.75, 3.05) is 26.4 Å². The van der Waals surface area contributed by atoms with Gasteiger partial charge in [0.25, 0.3) is 5.91 Å². The predicted octanol–water partition coefficient (Wildman–Crippen LogP) is 3.53. The minimum Gasteiger partial charge on any atom is -0.493 e. The van der Waals surface area contributed by atoms with Crippen LogP contribution in [-0.4, -0.2) is 42.5 Å². The minimum absolute atomic E-state index is 0.158. The van der Waals surface area contributed by atoms with Gasteiger partial charge in [0, 0.05) is 43.3 Å². The Hall–Kier alpha value is -3.31. The Morgan fingerprint density at radius 2 is 2.00 bits per heavy atom. The number of hydrogen-bond donors (Lipinski definition) is 4. The lowest BCUT2D eigenvalue weighted by molar-refractivity contribution is -0.132. The van der Waals surface area contributed by atoms with Gasteiger partial charge in [-0.2, -0.15) is 0 Å². The van der Waals surface area contributed by atoms with Crippen molar-refractivity contribution in [1.29, 1.82) is 0 Å². The van der Waals surface area contributed by atoms with Gasteiger partial charge in [0.1, 0.15) is 11.7 Å². The van der Waals surface area contributed by atoms with Gasteiger partial charge in [0.05, 0.1) is 12.5 Å². The van der Waals surface area contributed by atoms with Crippen molar-refractivity contribution in [2.24, 2.45) is 5.92 Å². The molecule has 0 spiro atoms. The fourth-order valence-electron chi connectivity index (χ4n) is 4.06.